The van der Waals surface area contributed by atoms with Crippen LogP contribution in [0, 0.1) is 13.8 Å². The first-order chi connectivity index (χ1) is 11.2. The summed E-state index contributed by atoms with van der Waals surface area (Å²) in [4.78, 5) is 22.6. The van der Waals surface area contributed by atoms with E-state index >= 15 is 0 Å². The van der Waals surface area contributed by atoms with Crippen LogP contribution in [-0.4, -0.2) is 21.4 Å². The van der Waals surface area contributed by atoms with Crippen molar-refractivity contribution in [2.45, 2.75) is 59.5 Å². The zero-order valence-corrected chi connectivity index (χ0v) is 15.4. The van der Waals surface area contributed by atoms with Crippen molar-refractivity contribution in [3.63, 3.8) is 0 Å². The maximum absolute atomic E-state index is 12.5. The largest absolute Gasteiger partial charge is 0.310 e. The smallest absolute Gasteiger partial charge is 0.255 e. The Morgan fingerprint density at radius 3 is 2.62 bits per heavy atom. The molecule has 24 heavy (non-hydrogen) atoms. The van der Waals surface area contributed by atoms with Gasteiger partial charge in [0.15, 0.2) is 0 Å². The molecule has 1 aliphatic rings. The van der Waals surface area contributed by atoms with Crippen molar-refractivity contribution < 1.29 is 0 Å². The van der Waals surface area contributed by atoms with Gasteiger partial charge in [-0.2, -0.15) is 0 Å². The molecule has 0 saturated carbocycles. The van der Waals surface area contributed by atoms with Crippen LogP contribution in [0.2, 0.25) is 0 Å². The number of H-pyrrole nitrogens is 1. The molecule has 4 heteroatoms. The molecule has 0 radical (unpaired) electrons. The number of benzene rings is 1. The number of nitrogens with one attached hydrogen (secondary N) is 1. The molecule has 0 amide bonds. The summed E-state index contributed by atoms with van der Waals surface area (Å²) in [5, 5.41) is 0. The van der Waals surface area contributed by atoms with Gasteiger partial charge in [-0.1, -0.05) is 39.0 Å². The third-order valence-electron chi connectivity index (χ3n) is 4.84. The second kappa shape index (κ2) is 6.17. The van der Waals surface area contributed by atoms with E-state index in [2.05, 4.69) is 62.7 Å². The van der Waals surface area contributed by atoms with Crippen LogP contribution in [0.3, 0.4) is 0 Å². The van der Waals surface area contributed by atoms with Gasteiger partial charge >= 0.3 is 0 Å². The van der Waals surface area contributed by atoms with Crippen molar-refractivity contribution >= 4 is 0 Å². The fraction of sp³-hybridized carbons (Fsp3) is 0.500. The number of hydrogen-bond donors (Lipinski definition) is 1. The Morgan fingerprint density at radius 1 is 1.21 bits per heavy atom. The molecule has 2 heterocycles. The van der Waals surface area contributed by atoms with Gasteiger partial charge in [0.1, 0.15) is 5.82 Å². The molecular formula is C20H27N3O. The molecule has 4 nitrogen and oxygen atoms in total. The molecule has 1 N–H and O–H groups in total. The summed E-state index contributed by atoms with van der Waals surface area (Å²) < 4.78 is 0. The van der Waals surface area contributed by atoms with Gasteiger partial charge in [0.05, 0.1) is 11.3 Å². The lowest BCUT2D eigenvalue weighted by atomic mass is 9.95. The van der Waals surface area contributed by atoms with Gasteiger partial charge in [0.25, 0.3) is 5.56 Å². The Bertz CT molecular complexity index is 815. The van der Waals surface area contributed by atoms with Gasteiger partial charge in [-0.3, -0.25) is 9.69 Å². The van der Waals surface area contributed by atoms with Crippen LogP contribution in [0.15, 0.2) is 23.0 Å². The zero-order chi connectivity index (χ0) is 17.5. The first kappa shape index (κ1) is 16.9. The lowest BCUT2D eigenvalue weighted by molar-refractivity contribution is 0.241. The SMILES string of the molecule is Cc1ccc(CN2CCc3nc(C(C)(C)C)[nH]c(=O)c3C2)cc1C. The van der Waals surface area contributed by atoms with Crippen LogP contribution in [0.25, 0.3) is 0 Å². The first-order valence-corrected chi connectivity index (χ1v) is 8.65. The van der Waals surface area contributed by atoms with Gasteiger partial charge in [-0.15, -0.1) is 0 Å². The molecule has 128 valence electrons. The van der Waals surface area contributed by atoms with E-state index in [1.807, 2.05) is 0 Å². The van der Waals surface area contributed by atoms with Crippen molar-refractivity contribution in [2.24, 2.45) is 0 Å². The van der Waals surface area contributed by atoms with Crippen LogP contribution in [0.1, 0.15) is 54.5 Å². The maximum atomic E-state index is 12.5. The molecule has 0 spiro atoms. The van der Waals surface area contributed by atoms with Gasteiger partial charge in [0, 0.05) is 31.5 Å². The number of rotatable bonds is 2. The molecule has 3 rings (SSSR count). The molecule has 1 aliphatic heterocycles. The standard InChI is InChI=1S/C20H27N3O/c1-13-6-7-15(10-14(13)2)11-23-9-8-17-16(12-23)18(24)22-19(21-17)20(3,4)5/h6-7,10H,8-9,11-12H2,1-5H3,(H,21,22,24). The molecular weight excluding hydrogens is 298 g/mol. The Labute approximate surface area is 143 Å². The lowest BCUT2D eigenvalue weighted by Gasteiger charge is -2.29. The third kappa shape index (κ3) is 3.44. The minimum absolute atomic E-state index is 0.0229. The highest BCUT2D eigenvalue weighted by molar-refractivity contribution is 5.30. The summed E-state index contributed by atoms with van der Waals surface area (Å²) in [6, 6.07) is 6.60. The highest BCUT2D eigenvalue weighted by atomic mass is 16.1. The summed E-state index contributed by atoms with van der Waals surface area (Å²) in [5.41, 5.74) is 5.63. The van der Waals surface area contributed by atoms with Crippen molar-refractivity contribution in [3.05, 3.63) is 62.3 Å². The third-order valence-corrected chi connectivity index (χ3v) is 4.84. The predicted molar refractivity (Wildman–Crippen MR) is 97.3 cm³/mol. The van der Waals surface area contributed by atoms with Crippen LogP contribution in [0.4, 0.5) is 0 Å². The van der Waals surface area contributed by atoms with Crippen LogP contribution >= 0.6 is 0 Å². The number of nitrogens with zero attached hydrogens (tertiary/aromatic N) is 2. The topological polar surface area (TPSA) is 49.0 Å². The molecule has 1 aromatic heterocycles. The van der Waals surface area contributed by atoms with Crippen molar-refractivity contribution in [3.8, 4) is 0 Å². The quantitative estimate of drug-likeness (QED) is 0.922. The maximum Gasteiger partial charge on any atom is 0.255 e. The molecule has 0 aliphatic carbocycles. The second-order valence-electron chi connectivity index (χ2n) is 7.97. The minimum Gasteiger partial charge on any atom is -0.310 e. The highest BCUT2D eigenvalue weighted by Crippen LogP contribution is 2.21. The van der Waals surface area contributed by atoms with E-state index in [1.165, 1.54) is 16.7 Å². The highest BCUT2D eigenvalue weighted by Gasteiger charge is 2.24. The number of aryl methyl sites for hydroxylation is 2. The Morgan fingerprint density at radius 2 is 1.96 bits per heavy atom. The van der Waals surface area contributed by atoms with E-state index in [4.69, 9.17) is 4.98 Å². The fourth-order valence-electron chi connectivity index (χ4n) is 3.13. The van der Waals surface area contributed by atoms with Crippen LogP contribution < -0.4 is 5.56 Å². The van der Waals surface area contributed by atoms with Crippen molar-refractivity contribution in [1.29, 1.82) is 0 Å². The molecule has 0 atom stereocenters. The summed E-state index contributed by atoms with van der Waals surface area (Å²) >= 11 is 0. The van der Waals surface area contributed by atoms with Gasteiger partial charge in [-0.05, 0) is 30.5 Å². The molecule has 2 aromatic rings. The van der Waals surface area contributed by atoms with Crippen LogP contribution in [-0.2, 0) is 24.9 Å². The monoisotopic (exact) mass is 325 g/mol. The predicted octanol–water partition coefficient (Wildman–Crippen LogP) is 3.24. The summed E-state index contributed by atoms with van der Waals surface area (Å²) in [6.45, 7) is 13.0. The molecule has 0 saturated heterocycles. The van der Waals surface area contributed by atoms with E-state index in [0.29, 0.717) is 6.54 Å². The molecule has 0 unspecified atom stereocenters. The summed E-state index contributed by atoms with van der Waals surface area (Å²) in [5.74, 6) is 0.786. The number of aromatic amines is 1. The van der Waals surface area contributed by atoms with Gasteiger partial charge in [0.2, 0.25) is 0 Å². The number of hydrogen-bond acceptors (Lipinski definition) is 3. The summed E-state index contributed by atoms with van der Waals surface area (Å²) in [6.07, 6.45) is 0.840. The normalized spacial score (nSPS) is 15.4. The number of aromatic nitrogens is 2. The lowest BCUT2D eigenvalue weighted by Crippen LogP contribution is -2.37. The van der Waals surface area contributed by atoms with Gasteiger partial charge < -0.3 is 4.98 Å². The Balaban J connectivity index is 1.82. The Hall–Kier alpha value is -1.94. The van der Waals surface area contributed by atoms with E-state index in [9.17, 15) is 4.79 Å². The first-order valence-electron chi connectivity index (χ1n) is 8.65. The number of fused-ring (bicyclic) bond motifs is 1. The second-order valence-corrected chi connectivity index (χ2v) is 7.97. The van der Waals surface area contributed by atoms with Crippen LogP contribution in [0.5, 0.6) is 0 Å². The molecule has 0 bridgehead atoms. The minimum atomic E-state index is -0.134. The van der Waals surface area contributed by atoms with E-state index in [1.54, 1.807) is 0 Å². The molecule has 0 fully saturated rings. The van der Waals surface area contributed by atoms with E-state index in [0.717, 1.165) is 36.6 Å². The van der Waals surface area contributed by atoms with E-state index < -0.39 is 0 Å². The average Bonchev–Trinajstić information content (AvgIpc) is 2.50. The average molecular weight is 325 g/mol. The van der Waals surface area contributed by atoms with E-state index in [-0.39, 0.29) is 11.0 Å². The van der Waals surface area contributed by atoms with Crippen molar-refractivity contribution in [2.75, 3.05) is 6.54 Å². The zero-order valence-electron chi connectivity index (χ0n) is 15.4. The molecule has 1 aromatic carbocycles. The van der Waals surface area contributed by atoms with Crippen molar-refractivity contribution in [1.82, 2.24) is 14.9 Å². The summed E-state index contributed by atoms with van der Waals surface area (Å²) in [7, 11) is 0. The fourth-order valence-corrected chi connectivity index (χ4v) is 3.13. The Kier molecular flexibility index (Phi) is 4.35. The van der Waals surface area contributed by atoms with Gasteiger partial charge in [-0.25, -0.2) is 4.98 Å².